The van der Waals surface area contributed by atoms with E-state index in [9.17, 15) is 19.2 Å². The Bertz CT molecular complexity index is 1100. The van der Waals surface area contributed by atoms with Crippen LogP contribution in [0.2, 0.25) is 5.02 Å². The highest BCUT2D eigenvalue weighted by Gasteiger charge is 2.37. The number of nitrogens with one attached hydrogen (secondary N) is 2. The molecule has 34 heavy (non-hydrogen) atoms. The second kappa shape index (κ2) is 10.9. The third-order valence-electron chi connectivity index (χ3n) is 5.24. The zero-order chi connectivity index (χ0) is 24.8. The number of carbonyl (C=O) groups is 4. The molecule has 3 rings (SSSR count). The molecular weight excluding hydrogens is 466 g/mol. The Morgan fingerprint density at radius 2 is 1.74 bits per heavy atom. The molecule has 2 aromatic rings. The molecule has 1 heterocycles. The van der Waals surface area contributed by atoms with Gasteiger partial charge in [0.25, 0.3) is 11.8 Å². The largest absolute Gasteiger partial charge is 0.496 e. The van der Waals surface area contributed by atoms with E-state index in [0.717, 1.165) is 5.01 Å². The lowest BCUT2D eigenvalue weighted by atomic mass is 10.1. The molecule has 0 unspecified atom stereocenters. The number of nitrogens with zero attached hydrogens (tertiary/aromatic N) is 1. The van der Waals surface area contributed by atoms with E-state index in [1.807, 2.05) is 0 Å². The second-order valence-electron chi connectivity index (χ2n) is 7.45. The normalized spacial score (nSPS) is 15.0. The number of benzene rings is 2. The van der Waals surface area contributed by atoms with Crippen molar-refractivity contribution in [3.05, 3.63) is 52.5 Å². The van der Waals surface area contributed by atoms with Crippen molar-refractivity contribution in [2.24, 2.45) is 5.92 Å². The second-order valence-corrected chi connectivity index (χ2v) is 7.86. The number of amides is 3. The number of halogens is 1. The standard InChI is InChI=1S/C23H24ClN3O7/c1-13-15(24)6-4-7-16(13)25-19(28)12-34-23(31)14-10-20(29)27(11-14)26-22(30)21-17(32-2)8-5-9-18(21)33-3/h4-9,14H,10-12H2,1-3H3,(H,25,28)(H,26,30)/t14-/m0/s1. The monoisotopic (exact) mass is 489 g/mol. The smallest absolute Gasteiger partial charge is 0.311 e. The fraction of sp³-hybridized carbons (Fsp3) is 0.304. The van der Waals surface area contributed by atoms with Crippen LogP contribution in [0, 0.1) is 12.8 Å². The number of rotatable bonds is 8. The summed E-state index contributed by atoms with van der Waals surface area (Å²) in [5.41, 5.74) is 3.77. The molecule has 0 radical (unpaired) electrons. The number of hydrogen-bond acceptors (Lipinski definition) is 7. The molecule has 1 fully saturated rings. The SMILES string of the molecule is COc1cccc(OC)c1C(=O)NN1C[C@@H](C(=O)OCC(=O)Nc2cccc(Cl)c2C)CC1=O. The van der Waals surface area contributed by atoms with Crippen LogP contribution < -0.4 is 20.2 Å². The Labute approximate surface area is 201 Å². The molecular formula is C23H24ClN3O7. The van der Waals surface area contributed by atoms with Crippen molar-refractivity contribution in [2.75, 3.05) is 32.7 Å². The number of ether oxygens (including phenoxy) is 3. The topological polar surface area (TPSA) is 123 Å². The number of carbonyl (C=O) groups excluding carboxylic acids is 4. The first-order valence-electron chi connectivity index (χ1n) is 10.3. The maximum absolute atomic E-state index is 12.8. The Balaban J connectivity index is 1.56. The molecule has 3 amide bonds. The highest BCUT2D eigenvalue weighted by molar-refractivity contribution is 6.31. The lowest BCUT2D eigenvalue weighted by Gasteiger charge is -2.19. The van der Waals surface area contributed by atoms with Gasteiger partial charge in [-0.1, -0.05) is 23.7 Å². The summed E-state index contributed by atoms with van der Waals surface area (Å²) in [5, 5.41) is 4.15. The van der Waals surface area contributed by atoms with E-state index in [0.29, 0.717) is 16.3 Å². The first kappa shape index (κ1) is 24.8. The van der Waals surface area contributed by atoms with Gasteiger partial charge in [-0.2, -0.15) is 0 Å². The quantitative estimate of drug-likeness (QED) is 0.545. The summed E-state index contributed by atoms with van der Waals surface area (Å²) in [6, 6.07) is 9.88. The van der Waals surface area contributed by atoms with E-state index in [1.165, 1.54) is 14.2 Å². The minimum atomic E-state index is -0.840. The molecule has 0 aromatic heterocycles. The summed E-state index contributed by atoms with van der Waals surface area (Å²) in [6.45, 7) is 1.12. The van der Waals surface area contributed by atoms with Crippen LogP contribution in [-0.2, 0) is 19.1 Å². The Hall–Kier alpha value is -3.79. The number of esters is 1. The van der Waals surface area contributed by atoms with Gasteiger partial charge < -0.3 is 19.5 Å². The summed E-state index contributed by atoms with van der Waals surface area (Å²) >= 11 is 6.03. The first-order chi connectivity index (χ1) is 16.2. The molecule has 2 aromatic carbocycles. The predicted molar refractivity (Wildman–Crippen MR) is 123 cm³/mol. The van der Waals surface area contributed by atoms with Gasteiger partial charge in [0.15, 0.2) is 6.61 Å². The third kappa shape index (κ3) is 5.57. The number of hydrogen-bond donors (Lipinski definition) is 2. The van der Waals surface area contributed by atoms with E-state index in [-0.39, 0.29) is 30.0 Å². The van der Waals surface area contributed by atoms with Crippen LogP contribution in [-0.4, -0.2) is 56.1 Å². The van der Waals surface area contributed by atoms with Crippen molar-refractivity contribution < 1.29 is 33.4 Å². The van der Waals surface area contributed by atoms with Crippen LogP contribution >= 0.6 is 11.6 Å². The van der Waals surface area contributed by atoms with Gasteiger partial charge in [-0.3, -0.25) is 29.6 Å². The Kier molecular flexibility index (Phi) is 7.95. The summed E-state index contributed by atoms with van der Waals surface area (Å²) in [7, 11) is 2.81. The molecule has 1 atom stereocenters. The molecule has 180 valence electrons. The van der Waals surface area contributed by atoms with E-state index < -0.39 is 36.2 Å². The molecule has 2 N–H and O–H groups in total. The van der Waals surface area contributed by atoms with Crippen LogP contribution in [0.3, 0.4) is 0 Å². The van der Waals surface area contributed by atoms with Gasteiger partial charge >= 0.3 is 5.97 Å². The highest BCUT2D eigenvalue weighted by atomic mass is 35.5. The molecule has 1 saturated heterocycles. The van der Waals surface area contributed by atoms with E-state index in [2.05, 4.69) is 10.7 Å². The minimum absolute atomic E-state index is 0.101. The minimum Gasteiger partial charge on any atom is -0.496 e. The van der Waals surface area contributed by atoms with Crippen LogP contribution in [0.4, 0.5) is 5.69 Å². The first-order valence-corrected chi connectivity index (χ1v) is 10.7. The zero-order valence-corrected chi connectivity index (χ0v) is 19.6. The van der Waals surface area contributed by atoms with Gasteiger partial charge in [0.1, 0.15) is 17.1 Å². The van der Waals surface area contributed by atoms with E-state index >= 15 is 0 Å². The molecule has 0 saturated carbocycles. The van der Waals surface area contributed by atoms with Gasteiger partial charge in [0.05, 0.1) is 26.7 Å². The fourth-order valence-electron chi connectivity index (χ4n) is 3.41. The van der Waals surface area contributed by atoms with Crippen molar-refractivity contribution in [3.8, 4) is 11.5 Å². The molecule has 11 heteroatoms. The summed E-state index contributed by atoms with van der Waals surface area (Å²) in [5.74, 6) is -2.68. The maximum atomic E-state index is 12.8. The van der Waals surface area contributed by atoms with Crippen molar-refractivity contribution in [3.63, 3.8) is 0 Å². The van der Waals surface area contributed by atoms with Crippen LogP contribution in [0.5, 0.6) is 11.5 Å². The summed E-state index contributed by atoms with van der Waals surface area (Å²) in [4.78, 5) is 49.7. The Morgan fingerprint density at radius 1 is 1.09 bits per heavy atom. The molecule has 10 nitrogen and oxygen atoms in total. The van der Waals surface area contributed by atoms with Crippen LogP contribution in [0.25, 0.3) is 0 Å². The average molecular weight is 490 g/mol. The van der Waals surface area contributed by atoms with Crippen LogP contribution in [0.15, 0.2) is 36.4 Å². The van der Waals surface area contributed by atoms with E-state index in [1.54, 1.807) is 43.3 Å². The average Bonchev–Trinajstić information content (AvgIpc) is 3.19. The number of anilines is 1. The lowest BCUT2D eigenvalue weighted by Crippen LogP contribution is -2.43. The van der Waals surface area contributed by atoms with Gasteiger partial charge in [-0.05, 0) is 36.8 Å². The molecule has 1 aliphatic heterocycles. The lowest BCUT2D eigenvalue weighted by molar-refractivity contribution is -0.151. The summed E-state index contributed by atoms with van der Waals surface area (Å²) in [6.07, 6.45) is -0.169. The maximum Gasteiger partial charge on any atom is 0.311 e. The van der Waals surface area contributed by atoms with Crippen molar-refractivity contribution >= 4 is 41.0 Å². The van der Waals surface area contributed by atoms with Gasteiger partial charge in [0, 0.05) is 17.1 Å². The van der Waals surface area contributed by atoms with Gasteiger partial charge in [0.2, 0.25) is 5.91 Å². The highest BCUT2D eigenvalue weighted by Crippen LogP contribution is 2.28. The van der Waals surface area contributed by atoms with Crippen molar-refractivity contribution in [1.82, 2.24) is 10.4 Å². The predicted octanol–water partition coefficient (Wildman–Crippen LogP) is 2.34. The fourth-order valence-corrected chi connectivity index (χ4v) is 3.59. The molecule has 0 bridgehead atoms. The van der Waals surface area contributed by atoms with Gasteiger partial charge in [-0.15, -0.1) is 0 Å². The molecule has 1 aliphatic rings. The zero-order valence-electron chi connectivity index (χ0n) is 18.8. The van der Waals surface area contributed by atoms with Gasteiger partial charge in [-0.25, -0.2) is 0 Å². The molecule has 0 aliphatic carbocycles. The van der Waals surface area contributed by atoms with Crippen LogP contribution in [0.1, 0.15) is 22.3 Å². The summed E-state index contributed by atoms with van der Waals surface area (Å²) < 4.78 is 15.5. The number of hydrazine groups is 1. The molecule has 0 spiro atoms. The van der Waals surface area contributed by atoms with E-state index in [4.69, 9.17) is 25.8 Å². The Morgan fingerprint density at radius 3 is 2.38 bits per heavy atom. The third-order valence-corrected chi connectivity index (χ3v) is 5.65. The number of methoxy groups -OCH3 is 2. The van der Waals surface area contributed by atoms with Crippen molar-refractivity contribution in [2.45, 2.75) is 13.3 Å². The van der Waals surface area contributed by atoms with Crippen molar-refractivity contribution in [1.29, 1.82) is 0 Å².